The fourth-order valence-electron chi connectivity index (χ4n) is 2.04. The van der Waals surface area contributed by atoms with Crippen molar-refractivity contribution in [2.45, 2.75) is 6.92 Å². The van der Waals surface area contributed by atoms with Gasteiger partial charge in [0.2, 0.25) is 5.91 Å². The third-order valence-electron chi connectivity index (χ3n) is 3.50. The topological polar surface area (TPSA) is 103 Å². The molecule has 0 aliphatic carbocycles. The van der Waals surface area contributed by atoms with E-state index in [-0.39, 0.29) is 18.1 Å². The molecule has 8 nitrogen and oxygen atoms in total. The van der Waals surface area contributed by atoms with Gasteiger partial charge in [-0.25, -0.2) is 4.79 Å². The quantitative estimate of drug-likeness (QED) is 0.470. The van der Waals surface area contributed by atoms with Crippen LogP contribution in [-0.2, 0) is 14.3 Å². The first-order valence-corrected chi connectivity index (χ1v) is 7.82. The Bertz CT molecular complexity index is 805. The van der Waals surface area contributed by atoms with Gasteiger partial charge < -0.3 is 20.2 Å². The Kier molecular flexibility index (Phi) is 6.26. The SMILES string of the molecule is Cc1ccc(NC(=O)CN(C)C(=O)COC(=O)c2cccc[n+]2[O-])cc1. The number of nitrogens with one attached hydrogen (secondary N) is 1. The van der Waals surface area contributed by atoms with Crippen molar-refractivity contribution in [3.63, 3.8) is 0 Å². The monoisotopic (exact) mass is 357 g/mol. The molecule has 2 amide bonds. The number of amides is 2. The molecule has 0 aliphatic rings. The summed E-state index contributed by atoms with van der Waals surface area (Å²) < 4.78 is 5.17. The maximum Gasteiger partial charge on any atom is 0.405 e. The second-order valence-corrected chi connectivity index (χ2v) is 5.65. The molecule has 26 heavy (non-hydrogen) atoms. The molecule has 0 fully saturated rings. The Labute approximate surface area is 150 Å². The van der Waals surface area contributed by atoms with Gasteiger partial charge in [-0.1, -0.05) is 17.7 Å². The average molecular weight is 357 g/mol. The highest BCUT2D eigenvalue weighted by Crippen LogP contribution is 2.08. The number of rotatable bonds is 6. The van der Waals surface area contributed by atoms with E-state index >= 15 is 0 Å². The number of aryl methyl sites for hydroxylation is 1. The van der Waals surface area contributed by atoms with Crippen molar-refractivity contribution >= 4 is 23.5 Å². The Morgan fingerprint density at radius 2 is 1.85 bits per heavy atom. The summed E-state index contributed by atoms with van der Waals surface area (Å²) in [5, 5.41) is 14.1. The molecule has 2 aromatic rings. The smallest absolute Gasteiger partial charge is 0.405 e. The number of carbonyl (C=O) groups excluding carboxylic acids is 3. The van der Waals surface area contributed by atoms with Crippen molar-refractivity contribution in [3.8, 4) is 0 Å². The number of aromatic nitrogens is 1. The van der Waals surface area contributed by atoms with Crippen LogP contribution in [0.4, 0.5) is 5.69 Å². The van der Waals surface area contributed by atoms with Crippen LogP contribution in [0.2, 0.25) is 0 Å². The number of carbonyl (C=O) groups is 3. The number of pyridine rings is 1. The van der Waals surface area contributed by atoms with E-state index in [1.807, 2.05) is 19.1 Å². The van der Waals surface area contributed by atoms with Crippen LogP contribution >= 0.6 is 0 Å². The third-order valence-corrected chi connectivity index (χ3v) is 3.50. The Balaban J connectivity index is 1.81. The summed E-state index contributed by atoms with van der Waals surface area (Å²) >= 11 is 0. The van der Waals surface area contributed by atoms with Crippen LogP contribution in [0.15, 0.2) is 48.7 Å². The number of benzene rings is 1. The third kappa shape index (κ3) is 5.30. The summed E-state index contributed by atoms with van der Waals surface area (Å²) in [6.45, 7) is 1.17. The number of likely N-dealkylation sites (N-methyl/N-ethyl adjacent to an activating group) is 1. The van der Waals surface area contributed by atoms with Crippen LogP contribution in [0.25, 0.3) is 0 Å². The van der Waals surface area contributed by atoms with Crippen LogP contribution in [0.5, 0.6) is 0 Å². The van der Waals surface area contributed by atoms with Crippen molar-refractivity contribution in [3.05, 3.63) is 65.1 Å². The van der Waals surface area contributed by atoms with E-state index in [0.29, 0.717) is 10.4 Å². The average Bonchev–Trinajstić information content (AvgIpc) is 2.61. The second kappa shape index (κ2) is 8.61. The first-order valence-electron chi connectivity index (χ1n) is 7.82. The van der Waals surface area contributed by atoms with Gasteiger partial charge in [0.1, 0.15) is 0 Å². The predicted octanol–water partition coefficient (Wildman–Crippen LogP) is 0.882. The number of hydrogen-bond donors (Lipinski definition) is 1. The highest BCUT2D eigenvalue weighted by molar-refractivity contribution is 5.95. The van der Waals surface area contributed by atoms with Crippen LogP contribution in [0.3, 0.4) is 0 Å². The molecule has 0 bridgehead atoms. The van der Waals surface area contributed by atoms with Gasteiger partial charge in [0.15, 0.2) is 12.8 Å². The minimum absolute atomic E-state index is 0.197. The van der Waals surface area contributed by atoms with E-state index in [0.717, 1.165) is 16.7 Å². The number of anilines is 1. The molecule has 8 heteroatoms. The van der Waals surface area contributed by atoms with Gasteiger partial charge in [-0.15, -0.1) is 0 Å². The molecule has 0 spiro atoms. The zero-order valence-electron chi connectivity index (χ0n) is 14.5. The summed E-state index contributed by atoms with van der Waals surface area (Å²) in [6.07, 6.45) is 1.15. The summed E-state index contributed by atoms with van der Waals surface area (Å²) in [5.74, 6) is -1.85. The molecule has 136 valence electrons. The summed E-state index contributed by atoms with van der Waals surface area (Å²) in [4.78, 5) is 36.9. The largest absolute Gasteiger partial charge is 0.618 e. The lowest BCUT2D eigenvalue weighted by Crippen LogP contribution is -2.39. The highest BCUT2D eigenvalue weighted by atomic mass is 16.5. The summed E-state index contributed by atoms with van der Waals surface area (Å²) in [7, 11) is 1.42. The molecule has 0 saturated carbocycles. The van der Waals surface area contributed by atoms with E-state index in [4.69, 9.17) is 4.74 Å². The Hall–Kier alpha value is -3.42. The fourth-order valence-corrected chi connectivity index (χ4v) is 2.04. The van der Waals surface area contributed by atoms with Crippen molar-refractivity contribution in [2.75, 3.05) is 25.5 Å². The van der Waals surface area contributed by atoms with Gasteiger partial charge in [0, 0.05) is 24.9 Å². The fraction of sp³-hybridized carbons (Fsp3) is 0.222. The molecule has 0 saturated heterocycles. The minimum Gasteiger partial charge on any atom is -0.618 e. The molecule has 0 atom stereocenters. The Morgan fingerprint density at radius 3 is 2.50 bits per heavy atom. The second-order valence-electron chi connectivity index (χ2n) is 5.65. The van der Waals surface area contributed by atoms with Crippen molar-refractivity contribution in [1.82, 2.24) is 4.90 Å². The summed E-state index contributed by atoms with van der Waals surface area (Å²) in [5.41, 5.74) is 1.46. The van der Waals surface area contributed by atoms with Gasteiger partial charge in [0.05, 0.1) is 6.54 Å². The molecular weight excluding hydrogens is 338 g/mol. The van der Waals surface area contributed by atoms with Crippen molar-refractivity contribution < 1.29 is 23.9 Å². The minimum atomic E-state index is -0.911. The molecule has 0 aliphatic heterocycles. The van der Waals surface area contributed by atoms with E-state index < -0.39 is 18.5 Å². The lowest BCUT2D eigenvalue weighted by molar-refractivity contribution is -0.608. The lowest BCUT2D eigenvalue weighted by Gasteiger charge is -2.16. The van der Waals surface area contributed by atoms with Crippen LogP contribution in [0.1, 0.15) is 16.1 Å². The van der Waals surface area contributed by atoms with E-state index in [1.54, 1.807) is 12.1 Å². The number of esters is 1. The van der Waals surface area contributed by atoms with E-state index in [1.165, 1.54) is 25.2 Å². The molecule has 0 unspecified atom stereocenters. The molecule has 1 aromatic carbocycles. The zero-order chi connectivity index (χ0) is 19.1. The molecule has 1 heterocycles. The number of hydrogen-bond acceptors (Lipinski definition) is 5. The van der Waals surface area contributed by atoms with Crippen molar-refractivity contribution in [1.29, 1.82) is 0 Å². The van der Waals surface area contributed by atoms with Crippen LogP contribution in [-0.4, -0.2) is 42.9 Å². The van der Waals surface area contributed by atoms with E-state index in [2.05, 4.69) is 5.32 Å². The molecule has 1 N–H and O–H groups in total. The summed E-state index contributed by atoms with van der Waals surface area (Å²) in [6, 6.07) is 11.5. The first-order chi connectivity index (χ1) is 12.4. The van der Waals surface area contributed by atoms with Gasteiger partial charge in [-0.05, 0) is 25.1 Å². The molecular formula is C18H19N3O5. The zero-order valence-corrected chi connectivity index (χ0v) is 14.5. The highest BCUT2D eigenvalue weighted by Gasteiger charge is 2.20. The standard InChI is InChI=1S/C18H19N3O5/c1-13-6-8-14(9-7-13)19-16(22)11-20(2)17(23)12-26-18(24)15-5-3-4-10-21(15)25/h3-10H,11-12H2,1-2H3,(H,19,22). The van der Waals surface area contributed by atoms with Gasteiger partial charge >= 0.3 is 11.7 Å². The number of ether oxygens (including phenoxy) is 1. The molecule has 2 rings (SSSR count). The normalized spacial score (nSPS) is 10.1. The van der Waals surface area contributed by atoms with Crippen LogP contribution < -0.4 is 10.0 Å². The maximum atomic E-state index is 12.0. The maximum absolute atomic E-state index is 12.0. The van der Waals surface area contributed by atoms with Gasteiger partial charge in [-0.3, -0.25) is 9.59 Å². The number of nitrogens with zero attached hydrogens (tertiary/aromatic N) is 2. The first kappa shape index (κ1) is 18.9. The molecule has 1 aromatic heterocycles. The molecule has 0 radical (unpaired) electrons. The van der Waals surface area contributed by atoms with Crippen LogP contribution in [0, 0.1) is 12.1 Å². The lowest BCUT2D eigenvalue weighted by atomic mass is 10.2. The van der Waals surface area contributed by atoms with Gasteiger partial charge in [0.25, 0.3) is 5.91 Å². The Morgan fingerprint density at radius 1 is 1.15 bits per heavy atom. The predicted molar refractivity (Wildman–Crippen MR) is 93.1 cm³/mol. The van der Waals surface area contributed by atoms with E-state index in [9.17, 15) is 19.6 Å². The van der Waals surface area contributed by atoms with Crippen molar-refractivity contribution in [2.24, 2.45) is 0 Å². The van der Waals surface area contributed by atoms with Gasteiger partial charge in [-0.2, -0.15) is 4.73 Å².